The van der Waals surface area contributed by atoms with Crippen molar-refractivity contribution in [2.24, 2.45) is 0 Å². The lowest BCUT2D eigenvalue weighted by atomic mass is 10.1. The number of nitriles is 1. The Morgan fingerprint density at radius 1 is 1.03 bits per heavy atom. The van der Waals surface area contributed by atoms with Crippen LogP contribution in [0, 0.1) is 18.3 Å². The predicted octanol–water partition coefficient (Wildman–Crippen LogP) is 4.37. The smallest absolute Gasteiger partial charge is 0.475 e. The van der Waals surface area contributed by atoms with Crippen LogP contribution in [0.2, 0.25) is 0 Å². The molecule has 0 atom stereocenters. The monoisotopic (exact) mass is 442 g/mol. The Morgan fingerprint density at radius 3 is 2.22 bits per heavy atom. The van der Waals surface area contributed by atoms with Gasteiger partial charge in [0.1, 0.15) is 11.9 Å². The van der Waals surface area contributed by atoms with Gasteiger partial charge in [-0.05, 0) is 36.8 Å². The molecule has 0 aliphatic carbocycles. The number of hydrogen-bond donors (Lipinski definition) is 1. The number of carboxylic acids is 1. The van der Waals surface area contributed by atoms with E-state index in [4.69, 9.17) is 14.9 Å². The number of rotatable bonds is 2. The number of carbonyl (C=O) groups is 1. The molecule has 0 saturated carbocycles. The maximum atomic E-state index is 10.6. The van der Waals surface area contributed by atoms with Crippen LogP contribution in [0.25, 0.3) is 10.9 Å². The van der Waals surface area contributed by atoms with Crippen molar-refractivity contribution in [2.75, 3.05) is 36.0 Å². The van der Waals surface area contributed by atoms with Crippen LogP contribution in [0.5, 0.6) is 0 Å². The molecule has 32 heavy (non-hydrogen) atoms. The van der Waals surface area contributed by atoms with Crippen molar-refractivity contribution in [3.05, 3.63) is 65.7 Å². The van der Waals surface area contributed by atoms with Gasteiger partial charge in [0.25, 0.3) is 0 Å². The highest BCUT2D eigenvalue weighted by Crippen LogP contribution is 2.25. The van der Waals surface area contributed by atoms with E-state index in [1.807, 2.05) is 30.3 Å². The number of piperazine rings is 1. The van der Waals surface area contributed by atoms with E-state index in [0.29, 0.717) is 0 Å². The number of aryl methyl sites for hydroxylation is 1. The van der Waals surface area contributed by atoms with Crippen molar-refractivity contribution in [1.29, 1.82) is 5.26 Å². The minimum Gasteiger partial charge on any atom is -0.475 e. The summed E-state index contributed by atoms with van der Waals surface area (Å²) < 4.78 is 31.7. The molecular formula is C23H21F3N4O2. The highest BCUT2D eigenvalue weighted by Gasteiger charge is 2.38. The average Bonchev–Trinajstić information content (AvgIpc) is 2.79. The Balaban J connectivity index is 0.000000360. The molecule has 4 rings (SSSR count). The maximum Gasteiger partial charge on any atom is 0.490 e. The fourth-order valence-electron chi connectivity index (χ4n) is 3.51. The second-order valence-corrected chi connectivity index (χ2v) is 7.22. The SMILES string of the molecule is Cc1cc(N2CCN(c3ccccc3C#N)CC2)nc2ccccc12.O=C(O)C(F)(F)F. The molecule has 0 spiro atoms. The number of halogens is 3. The summed E-state index contributed by atoms with van der Waals surface area (Å²) in [5, 5.41) is 17.7. The second-order valence-electron chi connectivity index (χ2n) is 7.22. The number of benzene rings is 2. The van der Waals surface area contributed by atoms with Gasteiger partial charge in [0.2, 0.25) is 0 Å². The lowest BCUT2D eigenvalue weighted by Gasteiger charge is -2.37. The van der Waals surface area contributed by atoms with Gasteiger partial charge in [0.05, 0.1) is 16.8 Å². The summed E-state index contributed by atoms with van der Waals surface area (Å²) >= 11 is 0. The van der Waals surface area contributed by atoms with E-state index in [1.165, 1.54) is 10.9 Å². The number of carboxylic acid groups (broad SMARTS) is 1. The predicted molar refractivity (Wildman–Crippen MR) is 116 cm³/mol. The molecule has 6 nitrogen and oxygen atoms in total. The van der Waals surface area contributed by atoms with Crippen molar-refractivity contribution >= 4 is 28.4 Å². The van der Waals surface area contributed by atoms with E-state index >= 15 is 0 Å². The third-order valence-electron chi connectivity index (χ3n) is 5.12. The first-order chi connectivity index (χ1) is 15.2. The quantitative estimate of drug-likeness (QED) is 0.635. The van der Waals surface area contributed by atoms with Gasteiger partial charge in [-0.3, -0.25) is 0 Å². The summed E-state index contributed by atoms with van der Waals surface area (Å²) in [7, 11) is 0. The van der Waals surface area contributed by atoms with Gasteiger partial charge < -0.3 is 14.9 Å². The summed E-state index contributed by atoms with van der Waals surface area (Å²) in [6, 6.07) is 20.6. The topological polar surface area (TPSA) is 80.5 Å². The minimum absolute atomic E-state index is 0.746. The Labute approximate surface area is 183 Å². The molecule has 1 N–H and O–H groups in total. The van der Waals surface area contributed by atoms with Gasteiger partial charge in [0.15, 0.2) is 0 Å². The van der Waals surface area contributed by atoms with Crippen molar-refractivity contribution in [2.45, 2.75) is 13.1 Å². The van der Waals surface area contributed by atoms with E-state index in [2.05, 4.69) is 47.1 Å². The zero-order valence-corrected chi connectivity index (χ0v) is 17.3. The zero-order chi connectivity index (χ0) is 23.3. The fraction of sp³-hybridized carbons (Fsp3) is 0.261. The standard InChI is InChI=1S/C21H20N4.C2HF3O2/c1-16-14-21(23-19-8-4-3-7-18(16)19)25-12-10-24(11-13-25)20-9-5-2-6-17(20)15-22;3-2(4,5)1(6)7/h2-9,14H,10-13H2,1H3;(H,6,7). The van der Waals surface area contributed by atoms with E-state index in [0.717, 1.165) is 48.8 Å². The maximum absolute atomic E-state index is 10.6. The molecule has 0 unspecified atom stereocenters. The van der Waals surface area contributed by atoms with Crippen LogP contribution in [0.1, 0.15) is 11.1 Å². The number of alkyl halides is 3. The largest absolute Gasteiger partial charge is 0.490 e. The van der Waals surface area contributed by atoms with Gasteiger partial charge in [0, 0.05) is 31.6 Å². The number of anilines is 2. The number of nitrogens with zero attached hydrogens (tertiary/aromatic N) is 4. The Morgan fingerprint density at radius 2 is 1.59 bits per heavy atom. The Bertz CT molecular complexity index is 1150. The Kier molecular flexibility index (Phi) is 6.83. The summed E-state index contributed by atoms with van der Waals surface area (Å²) in [6.07, 6.45) is -5.08. The van der Waals surface area contributed by atoms with E-state index < -0.39 is 12.1 Å². The summed E-state index contributed by atoms with van der Waals surface area (Å²) in [5.74, 6) is -1.71. The number of aromatic nitrogens is 1. The minimum atomic E-state index is -5.08. The van der Waals surface area contributed by atoms with Gasteiger partial charge in [-0.15, -0.1) is 0 Å². The summed E-state index contributed by atoms with van der Waals surface area (Å²) in [6.45, 7) is 5.75. The van der Waals surface area contributed by atoms with E-state index in [-0.39, 0.29) is 0 Å². The van der Waals surface area contributed by atoms with Crippen molar-refractivity contribution in [3.63, 3.8) is 0 Å². The summed E-state index contributed by atoms with van der Waals surface area (Å²) in [5.41, 5.74) is 4.09. The highest BCUT2D eigenvalue weighted by molar-refractivity contribution is 5.83. The molecule has 1 aromatic heterocycles. The molecular weight excluding hydrogens is 421 g/mol. The average molecular weight is 442 g/mol. The van der Waals surface area contributed by atoms with Crippen LogP contribution in [-0.2, 0) is 4.79 Å². The molecule has 9 heteroatoms. The summed E-state index contributed by atoms with van der Waals surface area (Å²) in [4.78, 5) is 18.4. The van der Waals surface area contributed by atoms with Crippen molar-refractivity contribution in [1.82, 2.24) is 4.98 Å². The lowest BCUT2D eigenvalue weighted by Crippen LogP contribution is -2.47. The molecule has 1 saturated heterocycles. The molecule has 3 aromatic rings. The first-order valence-electron chi connectivity index (χ1n) is 9.86. The third-order valence-corrected chi connectivity index (χ3v) is 5.12. The van der Waals surface area contributed by atoms with Crippen molar-refractivity contribution < 1.29 is 23.1 Å². The number of para-hydroxylation sites is 2. The lowest BCUT2D eigenvalue weighted by molar-refractivity contribution is -0.192. The van der Waals surface area contributed by atoms with Crippen LogP contribution in [-0.4, -0.2) is 48.4 Å². The van der Waals surface area contributed by atoms with E-state index in [9.17, 15) is 18.4 Å². The molecule has 1 aliphatic rings. The highest BCUT2D eigenvalue weighted by atomic mass is 19.4. The van der Waals surface area contributed by atoms with Crippen LogP contribution in [0.3, 0.4) is 0 Å². The van der Waals surface area contributed by atoms with Gasteiger partial charge in [-0.2, -0.15) is 18.4 Å². The molecule has 0 bridgehead atoms. The number of pyridine rings is 1. The number of aliphatic carboxylic acids is 1. The fourth-order valence-corrected chi connectivity index (χ4v) is 3.51. The van der Waals surface area contributed by atoms with Crippen LogP contribution >= 0.6 is 0 Å². The number of fused-ring (bicyclic) bond motifs is 1. The molecule has 0 radical (unpaired) electrons. The molecule has 166 valence electrons. The molecule has 2 heterocycles. The van der Waals surface area contributed by atoms with Crippen molar-refractivity contribution in [3.8, 4) is 6.07 Å². The second kappa shape index (κ2) is 9.56. The number of hydrogen-bond acceptors (Lipinski definition) is 5. The third kappa shape index (κ3) is 5.27. The van der Waals surface area contributed by atoms with Crippen LogP contribution in [0.4, 0.5) is 24.7 Å². The van der Waals surface area contributed by atoms with Crippen LogP contribution < -0.4 is 9.80 Å². The zero-order valence-electron chi connectivity index (χ0n) is 17.3. The van der Waals surface area contributed by atoms with E-state index in [1.54, 1.807) is 0 Å². The van der Waals surface area contributed by atoms with Gasteiger partial charge >= 0.3 is 12.1 Å². The molecule has 1 fully saturated rings. The molecule has 2 aromatic carbocycles. The Hall–Kier alpha value is -3.80. The normalized spacial score (nSPS) is 13.8. The van der Waals surface area contributed by atoms with Gasteiger partial charge in [-0.25, -0.2) is 9.78 Å². The first-order valence-corrected chi connectivity index (χ1v) is 9.86. The first kappa shape index (κ1) is 22.9. The molecule has 0 amide bonds. The molecule has 1 aliphatic heterocycles. The van der Waals surface area contributed by atoms with Crippen LogP contribution in [0.15, 0.2) is 54.6 Å². The van der Waals surface area contributed by atoms with Gasteiger partial charge in [-0.1, -0.05) is 30.3 Å².